The fraction of sp³-hybridized carbons (Fsp3) is 0.533. The molecule has 0 atom stereocenters. The topological polar surface area (TPSA) is 84.6 Å². The number of unbranched alkanes of at least 4 members (excludes halogenated alkanes) is 1. The van der Waals surface area contributed by atoms with Crippen molar-refractivity contribution in [2.45, 2.75) is 39.2 Å². The molecule has 0 aliphatic rings. The molecule has 20 heavy (non-hydrogen) atoms. The lowest BCUT2D eigenvalue weighted by molar-refractivity contribution is 0.0919. The highest BCUT2D eigenvalue weighted by molar-refractivity contribution is 5.95. The molecule has 112 valence electrons. The van der Waals surface area contributed by atoms with Gasteiger partial charge >= 0.3 is 0 Å². The van der Waals surface area contributed by atoms with Crippen molar-refractivity contribution in [2.24, 2.45) is 0 Å². The van der Waals surface area contributed by atoms with Gasteiger partial charge in [-0.05, 0) is 51.8 Å². The number of hydrogen-bond donors (Lipinski definition) is 3. The summed E-state index contributed by atoms with van der Waals surface area (Å²) in [5.74, 6) is 0.349. The molecular formula is C15H24N2O3. The van der Waals surface area contributed by atoms with Crippen molar-refractivity contribution in [3.05, 3.63) is 23.8 Å². The van der Waals surface area contributed by atoms with E-state index in [2.05, 4.69) is 5.32 Å². The van der Waals surface area contributed by atoms with Crippen molar-refractivity contribution < 1.29 is 14.6 Å². The zero-order chi connectivity index (χ0) is 15.2. The van der Waals surface area contributed by atoms with Crippen molar-refractivity contribution in [1.82, 2.24) is 5.32 Å². The minimum Gasteiger partial charge on any atom is -0.491 e. The Labute approximate surface area is 120 Å². The molecule has 5 heteroatoms. The molecular weight excluding hydrogens is 256 g/mol. The number of amides is 1. The van der Waals surface area contributed by atoms with Gasteiger partial charge in [0.15, 0.2) is 0 Å². The van der Waals surface area contributed by atoms with Gasteiger partial charge in [-0.1, -0.05) is 0 Å². The Balaban J connectivity index is 2.72. The van der Waals surface area contributed by atoms with E-state index in [0.29, 0.717) is 30.0 Å². The molecule has 0 fully saturated rings. The Morgan fingerprint density at radius 3 is 2.65 bits per heavy atom. The van der Waals surface area contributed by atoms with Crippen LogP contribution in [-0.2, 0) is 0 Å². The lowest BCUT2D eigenvalue weighted by atomic mass is 10.1. The summed E-state index contributed by atoms with van der Waals surface area (Å²) in [7, 11) is 0. The van der Waals surface area contributed by atoms with E-state index in [1.807, 2.05) is 20.8 Å². The van der Waals surface area contributed by atoms with Crippen LogP contribution in [-0.4, -0.2) is 29.8 Å². The predicted octanol–water partition coefficient (Wildman–Crippen LogP) is 1.95. The van der Waals surface area contributed by atoms with Gasteiger partial charge < -0.3 is 20.9 Å². The van der Waals surface area contributed by atoms with Crippen LogP contribution >= 0.6 is 0 Å². The van der Waals surface area contributed by atoms with E-state index in [1.165, 1.54) is 0 Å². The molecule has 1 aromatic carbocycles. The van der Waals surface area contributed by atoms with Gasteiger partial charge in [0, 0.05) is 17.7 Å². The molecule has 0 saturated carbocycles. The van der Waals surface area contributed by atoms with Crippen LogP contribution in [0.25, 0.3) is 0 Å². The number of ether oxygens (including phenoxy) is 1. The van der Waals surface area contributed by atoms with Gasteiger partial charge in [0.05, 0.1) is 12.3 Å². The van der Waals surface area contributed by atoms with E-state index in [4.69, 9.17) is 15.6 Å². The smallest absolute Gasteiger partial charge is 0.251 e. The van der Waals surface area contributed by atoms with Gasteiger partial charge in [-0.25, -0.2) is 0 Å². The molecule has 1 aromatic rings. The Hall–Kier alpha value is -1.75. The fourth-order valence-electron chi connectivity index (χ4n) is 1.61. The first kappa shape index (κ1) is 16.3. The maximum atomic E-state index is 12.1. The summed E-state index contributed by atoms with van der Waals surface area (Å²) < 4.78 is 5.54. The van der Waals surface area contributed by atoms with Crippen LogP contribution in [0.2, 0.25) is 0 Å². The van der Waals surface area contributed by atoms with Gasteiger partial charge in [-0.2, -0.15) is 0 Å². The summed E-state index contributed by atoms with van der Waals surface area (Å²) in [5.41, 5.74) is 6.56. The summed E-state index contributed by atoms with van der Waals surface area (Å²) in [4.78, 5) is 12.1. The predicted molar refractivity (Wildman–Crippen MR) is 79.9 cm³/mol. The maximum Gasteiger partial charge on any atom is 0.251 e. The maximum absolute atomic E-state index is 12.1. The van der Waals surface area contributed by atoms with E-state index in [1.54, 1.807) is 18.2 Å². The number of nitrogens with one attached hydrogen (secondary N) is 1. The molecule has 0 spiro atoms. The Morgan fingerprint density at radius 2 is 2.05 bits per heavy atom. The van der Waals surface area contributed by atoms with Gasteiger partial charge in [0.2, 0.25) is 0 Å². The molecule has 0 bridgehead atoms. The number of hydrogen-bond acceptors (Lipinski definition) is 4. The van der Waals surface area contributed by atoms with Crippen LogP contribution in [0.3, 0.4) is 0 Å². The van der Waals surface area contributed by atoms with Gasteiger partial charge in [0.1, 0.15) is 5.75 Å². The second kappa shape index (κ2) is 7.14. The molecule has 0 aliphatic carbocycles. The number of aliphatic hydroxyl groups excluding tert-OH is 1. The molecule has 5 nitrogen and oxygen atoms in total. The largest absolute Gasteiger partial charge is 0.491 e. The molecule has 0 unspecified atom stereocenters. The molecule has 0 aromatic heterocycles. The van der Waals surface area contributed by atoms with Crippen molar-refractivity contribution in [3.8, 4) is 5.75 Å². The molecule has 0 saturated heterocycles. The number of carbonyl (C=O) groups excluding carboxylic acids is 1. The molecule has 4 N–H and O–H groups in total. The number of rotatable bonds is 6. The molecule has 1 amide bonds. The average molecular weight is 280 g/mol. The molecule has 0 radical (unpaired) electrons. The van der Waals surface area contributed by atoms with E-state index in [0.717, 1.165) is 6.42 Å². The Bertz CT molecular complexity index is 453. The number of aliphatic hydroxyl groups is 1. The summed E-state index contributed by atoms with van der Waals surface area (Å²) >= 11 is 0. The number of benzene rings is 1. The highest BCUT2D eigenvalue weighted by Gasteiger charge is 2.16. The quantitative estimate of drug-likeness (QED) is 0.549. The lowest BCUT2D eigenvalue weighted by Crippen LogP contribution is -2.40. The van der Waals surface area contributed by atoms with Crippen LogP contribution in [0.1, 0.15) is 44.0 Å². The van der Waals surface area contributed by atoms with Crippen molar-refractivity contribution >= 4 is 11.6 Å². The third-order valence-electron chi connectivity index (χ3n) is 2.57. The normalized spacial score (nSPS) is 11.2. The van der Waals surface area contributed by atoms with Crippen molar-refractivity contribution in [2.75, 3.05) is 18.9 Å². The second-order valence-corrected chi connectivity index (χ2v) is 5.74. The summed E-state index contributed by atoms with van der Waals surface area (Å²) in [5, 5.41) is 11.6. The van der Waals surface area contributed by atoms with E-state index < -0.39 is 0 Å². The fourth-order valence-corrected chi connectivity index (χ4v) is 1.61. The lowest BCUT2D eigenvalue weighted by Gasteiger charge is -2.20. The number of anilines is 1. The Morgan fingerprint density at radius 1 is 1.35 bits per heavy atom. The van der Waals surface area contributed by atoms with Crippen LogP contribution in [0.5, 0.6) is 5.75 Å². The molecule has 0 heterocycles. The average Bonchev–Trinajstić information content (AvgIpc) is 2.34. The van der Waals surface area contributed by atoms with Crippen molar-refractivity contribution in [3.63, 3.8) is 0 Å². The SMILES string of the molecule is CC(C)(C)NC(=O)c1ccc(N)c(OCCCCO)c1. The van der Waals surface area contributed by atoms with Gasteiger partial charge in [0.25, 0.3) is 5.91 Å². The Kier molecular flexibility index (Phi) is 5.82. The number of carbonyl (C=O) groups is 1. The first-order chi connectivity index (χ1) is 9.33. The molecule has 0 aliphatic heterocycles. The van der Waals surface area contributed by atoms with E-state index in [-0.39, 0.29) is 18.1 Å². The summed E-state index contributed by atoms with van der Waals surface area (Å²) in [6, 6.07) is 4.99. The number of nitrogens with two attached hydrogens (primary N) is 1. The standard InChI is InChI=1S/C15H24N2O3/c1-15(2,3)17-14(19)11-6-7-12(16)13(10-11)20-9-5-4-8-18/h6-7,10,18H,4-5,8-9,16H2,1-3H3,(H,17,19). The zero-order valence-corrected chi connectivity index (χ0v) is 12.4. The summed E-state index contributed by atoms with van der Waals surface area (Å²) in [6.07, 6.45) is 1.43. The first-order valence-electron chi connectivity index (χ1n) is 6.79. The third-order valence-corrected chi connectivity index (χ3v) is 2.57. The zero-order valence-electron chi connectivity index (χ0n) is 12.4. The number of nitrogen functional groups attached to an aromatic ring is 1. The molecule has 1 rings (SSSR count). The van der Waals surface area contributed by atoms with E-state index in [9.17, 15) is 4.79 Å². The highest BCUT2D eigenvalue weighted by atomic mass is 16.5. The second-order valence-electron chi connectivity index (χ2n) is 5.74. The van der Waals surface area contributed by atoms with Gasteiger partial charge in [-0.3, -0.25) is 4.79 Å². The monoisotopic (exact) mass is 280 g/mol. The highest BCUT2D eigenvalue weighted by Crippen LogP contribution is 2.23. The third kappa shape index (κ3) is 5.48. The first-order valence-corrected chi connectivity index (χ1v) is 6.79. The minimum atomic E-state index is -0.291. The van der Waals surface area contributed by atoms with Crippen LogP contribution in [0.4, 0.5) is 5.69 Å². The van der Waals surface area contributed by atoms with Crippen LogP contribution in [0.15, 0.2) is 18.2 Å². The van der Waals surface area contributed by atoms with Gasteiger partial charge in [-0.15, -0.1) is 0 Å². The van der Waals surface area contributed by atoms with Crippen molar-refractivity contribution in [1.29, 1.82) is 0 Å². The summed E-state index contributed by atoms with van der Waals surface area (Å²) in [6.45, 7) is 6.39. The van der Waals surface area contributed by atoms with Crippen LogP contribution in [0, 0.1) is 0 Å². The minimum absolute atomic E-state index is 0.146. The van der Waals surface area contributed by atoms with Crippen LogP contribution < -0.4 is 15.8 Å². The van der Waals surface area contributed by atoms with E-state index >= 15 is 0 Å².